The number of Topliss-reactive ketones (excluding diaryl/α,β-unsaturated/α-hetero) is 1. The highest BCUT2D eigenvalue weighted by molar-refractivity contribution is 5.91. The van der Waals surface area contributed by atoms with Gasteiger partial charge in [-0.25, -0.2) is 4.39 Å². The molecule has 0 aromatic carbocycles. The van der Waals surface area contributed by atoms with E-state index >= 15 is 0 Å². The molecule has 0 radical (unpaired) electrons. The van der Waals surface area contributed by atoms with Gasteiger partial charge in [-0.1, -0.05) is 31.9 Å². The van der Waals surface area contributed by atoms with Crippen molar-refractivity contribution in [2.75, 3.05) is 0 Å². The summed E-state index contributed by atoms with van der Waals surface area (Å²) in [5.41, 5.74) is 1.66. The first-order valence-corrected chi connectivity index (χ1v) is 8.85. The van der Waals surface area contributed by atoms with E-state index in [4.69, 9.17) is 0 Å². The Balaban J connectivity index is 1.71. The first-order chi connectivity index (χ1) is 9.97. The highest BCUT2D eigenvalue weighted by Crippen LogP contribution is 2.64. The minimum atomic E-state index is -1.19. The number of fused-ring (bicyclic) bond motifs is 5. The number of carbonyl (C=O) groups is 1. The highest BCUT2D eigenvalue weighted by Gasteiger charge is 2.61. The van der Waals surface area contributed by atoms with E-state index < -0.39 is 6.17 Å². The molecule has 0 saturated heterocycles. The second-order valence-electron chi connectivity index (χ2n) is 8.49. The predicted molar refractivity (Wildman–Crippen MR) is 81.6 cm³/mol. The molecule has 4 unspecified atom stereocenters. The lowest BCUT2D eigenvalue weighted by molar-refractivity contribution is -0.134. The summed E-state index contributed by atoms with van der Waals surface area (Å²) in [7, 11) is 0. The Hall–Kier alpha value is -0.660. The third-order valence-corrected chi connectivity index (χ3v) is 7.72. The summed E-state index contributed by atoms with van der Waals surface area (Å²) in [5, 5.41) is 0. The van der Waals surface area contributed by atoms with Gasteiger partial charge in [-0.15, -0.1) is 0 Å². The van der Waals surface area contributed by atoms with Crippen molar-refractivity contribution in [1.82, 2.24) is 0 Å². The lowest BCUT2D eigenvalue weighted by Gasteiger charge is -2.56. The Morgan fingerprint density at radius 3 is 2.76 bits per heavy atom. The van der Waals surface area contributed by atoms with Gasteiger partial charge in [-0.2, -0.15) is 0 Å². The number of halogens is 1. The minimum Gasteiger partial charge on any atom is -0.296 e. The zero-order valence-corrected chi connectivity index (χ0v) is 13.3. The molecule has 116 valence electrons. The van der Waals surface area contributed by atoms with Gasteiger partial charge in [0.25, 0.3) is 0 Å². The van der Waals surface area contributed by atoms with Crippen LogP contribution in [0.4, 0.5) is 4.39 Å². The number of hydrogen-bond donors (Lipinski definition) is 0. The maximum atomic E-state index is 14.1. The Labute approximate surface area is 127 Å². The van der Waals surface area contributed by atoms with E-state index in [0.717, 1.165) is 19.3 Å². The number of carbonyl (C=O) groups excluding carboxylic acids is 1. The Morgan fingerprint density at radius 2 is 1.95 bits per heavy atom. The quantitative estimate of drug-likeness (QED) is 0.582. The molecule has 3 fully saturated rings. The van der Waals surface area contributed by atoms with Crippen molar-refractivity contribution >= 4 is 5.78 Å². The molecule has 6 atom stereocenters. The van der Waals surface area contributed by atoms with Gasteiger partial charge in [0.15, 0.2) is 12.0 Å². The molecule has 0 amide bonds. The zero-order valence-electron chi connectivity index (χ0n) is 13.3. The second kappa shape index (κ2) is 4.43. The average molecular weight is 290 g/mol. The van der Waals surface area contributed by atoms with Crippen molar-refractivity contribution in [2.24, 2.45) is 28.6 Å². The van der Waals surface area contributed by atoms with E-state index in [1.54, 1.807) is 5.57 Å². The van der Waals surface area contributed by atoms with E-state index in [1.807, 2.05) is 0 Å². The van der Waals surface area contributed by atoms with Gasteiger partial charge in [-0.05, 0) is 68.1 Å². The fraction of sp³-hybridized carbons (Fsp3) is 0.842. The fourth-order valence-electron chi connectivity index (χ4n) is 6.45. The molecule has 0 aromatic heterocycles. The van der Waals surface area contributed by atoms with Crippen molar-refractivity contribution < 1.29 is 9.18 Å². The Kier molecular flexibility index (Phi) is 2.94. The molecule has 21 heavy (non-hydrogen) atoms. The molecular formula is C19H27FO. The largest absolute Gasteiger partial charge is 0.296 e. The van der Waals surface area contributed by atoms with Crippen molar-refractivity contribution in [3.8, 4) is 0 Å². The summed E-state index contributed by atoms with van der Waals surface area (Å²) in [6, 6.07) is 0. The SMILES string of the molecule is C[C@]12CCCCC1=CCC1C2CC[C@]2(C)C(=O)C(F)CC12. The average Bonchev–Trinajstić information content (AvgIpc) is 2.70. The summed E-state index contributed by atoms with van der Waals surface area (Å²) in [6.07, 6.45) is 10.2. The third kappa shape index (κ3) is 1.71. The van der Waals surface area contributed by atoms with E-state index in [0.29, 0.717) is 23.7 Å². The molecule has 4 aliphatic rings. The summed E-state index contributed by atoms with van der Waals surface area (Å²) in [5.74, 6) is 1.43. The van der Waals surface area contributed by atoms with Crippen LogP contribution in [-0.4, -0.2) is 12.0 Å². The van der Waals surface area contributed by atoms with Crippen molar-refractivity contribution in [3.63, 3.8) is 0 Å². The molecule has 0 spiro atoms. The van der Waals surface area contributed by atoms with Crippen LogP contribution in [0.15, 0.2) is 11.6 Å². The van der Waals surface area contributed by atoms with Crippen LogP contribution in [-0.2, 0) is 4.79 Å². The molecule has 0 N–H and O–H groups in total. The molecule has 0 bridgehead atoms. The second-order valence-corrected chi connectivity index (χ2v) is 8.49. The number of ketones is 1. The maximum Gasteiger partial charge on any atom is 0.173 e. The predicted octanol–water partition coefficient (Wildman–Crippen LogP) is 4.86. The zero-order chi connectivity index (χ0) is 14.8. The molecule has 4 aliphatic carbocycles. The molecule has 2 heteroatoms. The van der Waals surface area contributed by atoms with Gasteiger partial charge in [0, 0.05) is 5.41 Å². The van der Waals surface area contributed by atoms with Crippen molar-refractivity contribution in [1.29, 1.82) is 0 Å². The first-order valence-electron chi connectivity index (χ1n) is 8.85. The molecule has 1 nitrogen and oxygen atoms in total. The van der Waals surface area contributed by atoms with Crippen LogP contribution in [0.5, 0.6) is 0 Å². The van der Waals surface area contributed by atoms with Gasteiger partial charge < -0.3 is 0 Å². The normalized spacial score (nSPS) is 52.7. The summed E-state index contributed by atoms with van der Waals surface area (Å²) < 4.78 is 14.1. The van der Waals surface area contributed by atoms with Crippen LogP contribution in [0, 0.1) is 28.6 Å². The van der Waals surface area contributed by atoms with Crippen molar-refractivity contribution in [2.45, 2.75) is 71.4 Å². The monoisotopic (exact) mass is 290 g/mol. The molecule has 4 rings (SSSR count). The summed E-state index contributed by atoms with van der Waals surface area (Å²) in [4.78, 5) is 12.3. The smallest absolute Gasteiger partial charge is 0.173 e. The van der Waals surface area contributed by atoms with E-state index in [2.05, 4.69) is 19.9 Å². The number of alkyl halides is 1. The molecule has 3 saturated carbocycles. The van der Waals surface area contributed by atoms with Gasteiger partial charge >= 0.3 is 0 Å². The lowest BCUT2D eigenvalue weighted by atomic mass is 9.48. The van der Waals surface area contributed by atoms with Crippen LogP contribution in [0.2, 0.25) is 0 Å². The number of rotatable bonds is 0. The third-order valence-electron chi connectivity index (χ3n) is 7.72. The van der Waals surface area contributed by atoms with Crippen molar-refractivity contribution in [3.05, 3.63) is 11.6 Å². The first kappa shape index (κ1) is 14.0. The van der Waals surface area contributed by atoms with Crippen LogP contribution >= 0.6 is 0 Å². The lowest BCUT2D eigenvalue weighted by Crippen LogP contribution is -2.49. The molecule has 0 heterocycles. The Morgan fingerprint density at radius 1 is 1.14 bits per heavy atom. The standard InChI is InChI=1S/C19H27FO/c1-18-9-4-3-5-12(18)6-7-13-14(18)8-10-19(2)15(13)11-16(20)17(19)21/h6,13-16H,3-5,7-11H2,1-2H3/t13?,14?,15?,16?,18-,19-/m0/s1. The summed E-state index contributed by atoms with van der Waals surface area (Å²) in [6.45, 7) is 4.51. The number of allylic oxidation sites excluding steroid dienone is 2. The van der Waals surface area contributed by atoms with Crippen LogP contribution < -0.4 is 0 Å². The topological polar surface area (TPSA) is 17.1 Å². The number of hydrogen-bond acceptors (Lipinski definition) is 1. The molecule has 0 aliphatic heterocycles. The highest BCUT2D eigenvalue weighted by atomic mass is 19.1. The Bertz CT molecular complexity index is 510. The summed E-state index contributed by atoms with van der Waals surface area (Å²) >= 11 is 0. The molecular weight excluding hydrogens is 263 g/mol. The minimum absolute atomic E-state index is 0.0884. The van der Waals surface area contributed by atoms with Crippen LogP contribution in [0.3, 0.4) is 0 Å². The van der Waals surface area contributed by atoms with E-state index in [9.17, 15) is 9.18 Å². The van der Waals surface area contributed by atoms with Gasteiger partial charge in [0.1, 0.15) is 0 Å². The molecule has 0 aromatic rings. The van der Waals surface area contributed by atoms with E-state index in [1.165, 1.54) is 25.7 Å². The van der Waals surface area contributed by atoms with Gasteiger partial charge in [0.05, 0.1) is 0 Å². The van der Waals surface area contributed by atoms with E-state index in [-0.39, 0.29) is 17.1 Å². The van der Waals surface area contributed by atoms with Gasteiger partial charge in [-0.3, -0.25) is 4.79 Å². The van der Waals surface area contributed by atoms with Gasteiger partial charge in [0.2, 0.25) is 0 Å². The maximum absolute atomic E-state index is 14.1. The van der Waals surface area contributed by atoms with Crippen LogP contribution in [0.1, 0.15) is 65.2 Å². The van der Waals surface area contributed by atoms with Crippen LogP contribution in [0.25, 0.3) is 0 Å². The fourth-order valence-corrected chi connectivity index (χ4v) is 6.45.